The molecule has 1 aliphatic heterocycles. The quantitative estimate of drug-likeness (QED) is 0.896. The molecule has 0 unspecified atom stereocenters. The fourth-order valence-electron chi connectivity index (χ4n) is 2.23. The fraction of sp³-hybridized carbons (Fsp3) is 0.357. The van der Waals surface area contributed by atoms with E-state index in [1.165, 1.54) is 12.3 Å². The summed E-state index contributed by atoms with van der Waals surface area (Å²) in [6.07, 6.45) is 3.01. The Morgan fingerprint density at radius 3 is 2.65 bits per heavy atom. The van der Waals surface area contributed by atoms with E-state index < -0.39 is 0 Å². The molecule has 0 aliphatic carbocycles. The SMILES string of the molecule is Cc1cnc(N2CCNCC2)nc1-c1ccc(F)cn1. The minimum Gasteiger partial charge on any atom is -0.338 e. The lowest BCUT2D eigenvalue weighted by Gasteiger charge is -2.27. The number of nitrogens with zero attached hydrogens (tertiary/aromatic N) is 4. The zero-order valence-corrected chi connectivity index (χ0v) is 11.3. The molecule has 20 heavy (non-hydrogen) atoms. The van der Waals surface area contributed by atoms with Gasteiger partial charge in [0.15, 0.2) is 0 Å². The third-order valence-electron chi connectivity index (χ3n) is 3.33. The molecule has 1 fully saturated rings. The van der Waals surface area contributed by atoms with Crippen molar-refractivity contribution in [2.75, 3.05) is 31.1 Å². The number of aryl methyl sites for hydroxylation is 1. The summed E-state index contributed by atoms with van der Waals surface area (Å²) >= 11 is 0. The van der Waals surface area contributed by atoms with E-state index in [1.54, 1.807) is 12.3 Å². The molecular formula is C14H16FN5. The summed E-state index contributed by atoms with van der Waals surface area (Å²) in [5.41, 5.74) is 2.36. The van der Waals surface area contributed by atoms with Crippen LogP contribution in [0.15, 0.2) is 24.5 Å². The maximum Gasteiger partial charge on any atom is 0.226 e. The van der Waals surface area contributed by atoms with E-state index in [-0.39, 0.29) is 5.82 Å². The zero-order chi connectivity index (χ0) is 13.9. The molecule has 6 heteroatoms. The maximum atomic E-state index is 13.0. The van der Waals surface area contributed by atoms with E-state index in [0.717, 1.165) is 37.4 Å². The number of aromatic nitrogens is 3. The second kappa shape index (κ2) is 5.50. The van der Waals surface area contributed by atoms with Crippen molar-refractivity contribution in [1.29, 1.82) is 0 Å². The molecule has 0 saturated carbocycles. The standard InChI is InChI=1S/C14H16FN5/c1-10-8-18-14(20-6-4-16-5-7-20)19-13(10)12-3-2-11(15)9-17-12/h2-3,8-9,16H,4-7H2,1H3. The number of piperazine rings is 1. The predicted molar refractivity (Wildman–Crippen MR) is 75.0 cm³/mol. The van der Waals surface area contributed by atoms with Crippen LogP contribution >= 0.6 is 0 Å². The van der Waals surface area contributed by atoms with Gasteiger partial charge in [0.25, 0.3) is 0 Å². The van der Waals surface area contributed by atoms with Gasteiger partial charge in [-0.3, -0.25) is 4.98 Å². The predicted octanol–water partition coefficient (Wildman–Crippen LogP) is 1.40. The Morgan fingerprint density at radius 2 is 1.95 bits per heavy atom. The van der Waals surface area contributed by atoms with Crippen molar-refractivity contribution in [3.8, 4) is 11.4 Å². The minimum absolute atomic E-state index is 0.345. The Hall–Kier alpha value is -2.08. The van der Waals surface area contributed by atoms with Gasteiger partial charge < -0.3 is 10.2 Å². The fourth-order valence-corrected chi connectivity index (χ4v) is 2.23. The molecule has 0 amide bonds. The highest BCUT2D eigenvalue weighted by Crippen LogP contribution is 2.21. The normalized spacial score (nSPS) is 15.4. The van der Waals surface area contributed by atoms with Crippen LogP contribution in [0, 0.1) is 12.7 Å². The molecule has 1 N–H and O–H groups in total. The maximum absolute atomic E-state index is 13.0. The summed E-state index contributed by atoms with van der Waals surface area (Å²) in [5.74, 6) is 0.362. The average Bonchev–Trinajstić information content (AvgIpc) is 2.50. The van der Waals surface area contributed by atoms with Crippen molar-refractivity contribution in [3.05, 3.63) is 35.9 Å². The van der Waals surface area contributed by atoms with Crippen molar-refractivity contribution in [2.24, 2.45) is 0 Å². The third kappa shape index (κ3) is 2.60. The van der Waals surface area contributed by atoms with Crippen LogP contribution in [-0.2, 0) is 0 Å². The highest BCUT2D eigenvalue weighted by molar-refractivity contribution is 5.59. The molecule has 0 atom stereocenters. The summed E-state index contributed by atoms with van der Waals surface area (Å²) in [7, 11) is 0. The van der Waals surface area contributed by atoms with Gasteiger partial charge in [-0.15, -0.1) is 0 Å². The highest BCUT2D eigenvalue weighted by atomic mass is 19.1. The van der Waals surface area contributed by atoms with Gasteiger partial charge >= 0.3 is 0 Å². The van der Waals surface area contributed by atoms with Gasteiger partial charge in [0.1, 0.15) is 5.82 Å². The van der Waals surface area contributed by atoms with Crippen LogP contribution in [0.4, 0.5) is 10.3 Å². The Labute approximate surface area is 116 Å². The number of hydrogen-bond acceptors (Lipinski definition) is 5. The second-order valence-electron chi connectivity index (χ2n) is 4.80. The minimum atomic E-state index is -0.345. The van der Waals surface area contributed by atoms with E-state index in [4.69, 9.17) is 0 Å². The topological polar surface area (TPSA) is 53.9 Å². The smallest absolute Gasteiger partial charge is 0.226 e. The van der Waals surface area contributed by atoms with E-state index >= 15 is 0 Å². The number of hydrogen-bond donors (Lipinski definition) is 1. The first kappa shape index (κ1) is 12.9. The first-order valence-electron chi connectivity index (χ1n) is 6.65. The summed E-state index contributed by atoms with van der Waals surface area (Å²) in [4.78, 5) is 15.2. The van der Waals surface area contributed by atoms with Crippen LogP contribution in [0.5, 0.6) is 0 Å². The molecule has 104 valence electrons. The zero-order valence-electron chi connectivity index (χ0n) is 11.3. The third-order valence-corrected chi connectivity index (χ3v) is 3.33. The summed E-state index contributed by atoms with van der Waals surface area (Å²) < 4.78 is 13.0. The number of anilines is 1. The molecule has 1 aliphatic rings. The summed E-state index contributed by atoms with van der Waals surface area (Å²) in [6, 6.07) is 3.04. The molecule has 1 saturated heterocycles. The van der Waals surface area contributed by atoms with Crippen molar-refractivity contribution >= 4 is 5.95 Å². The lowest BCUT2D eigenvalue weighted by Crippen LogP contribution is -2.44. The molecular weight excluding hydrogens is 257 g/mol. The summed E-state index contributed by atoms with van der Waals surface area (Å²) in [5, 5.41) is 3.30. The number of nitrogens with one attached hydrogen (secondary N) is 1. The van der Waals surface area contributed by atoms with Crippen LogP contribution in [0.25, 0.3) is 11.4 Å². The average molecular weight is 273 g/mol. The second-order valence-corrected chi connectivity index (χ2v) is 4.80. The Morgan fingerprint density at radius 1 is 1.15 bits per heavy atom. The van der Waals surface area contributed by atoms with Gasteiger partial charge in [0.05, 0.1) is 17.6 Å². The van der Waals surface area contributed by atoms with E-state index in [9.17, 15) is 4.39 Å². The molecule has 0 bridgehead atoms. The highest BCUT2D eigenvalue weighted by Gasteiger charge is 2.15. The van der Waals surface area contributed by atoms with Crippen molar-refractivity contribution in [1.82, 2.24) is 20.3 Å². The van der Waals surface area contributed by atoms with Gasteiger partial charge in [-0.05, 0) is 24.6 Å². The Kier molecular flexibility index (Phi) is 3.56. The largest absolute Gasteiger partial charge is 0.338 e. The van der Waals surface area contributed by atoms with Gasteiger partial charge in [0, 0.05) is 32.4 Å². The van der Waals surface area contributed by atoms with Crippen LogP contribution in [0.2, 0.25) is 0 Å². The Balaban J connectivity index is 1.95. The molecule has 0 radical (unpaired) electrons. The van der Waals surface area contributed by atoms with Crippen molar-refractivity contribution in [3.63, 3.8) is 0 Å². The first-order valence-corrected chi connectivity index (χ1v) is 6.65. The van der Waals surface area contributed by atoms with Gasteiger partial charge in [-0.1, -0.05) is 0 Å². The van der Waals surface area contributed by atoms with Gasteiger partial charge in [-0.25, -0.2) is 14.4 Å². The number of halogens is 1. The van der Waals surface area contributed by atoms with Crippen LogP contribution in [0.1, 0.15) is 5.56 Å². The molecule has 2 aromatic rings. The molecule has 3 rings (SSSR count). The summed E-state index contributed by atoms with van der Waals surface area (Å²) in [6.45, 7) is 5.57. The number of rotatable bonds is 2. The van der Waals surface area contributed by atoms with E-state index in [0.29, 0.717) is 11.6 Å². The van der Waals surface area contributed by atoms with Crippen LogP contribution < -0.4 is 10.2 Å². The molecule has 3 heterocycles. The van der Waals surface area contributed by atoms with E-state index in [2.05, 4.69) is 25.2 Å². The van der Waals surface area contributed by atoms with Crippen LogP contribution in [-0.4, -0.2) is 41.1 Å². The monoisotopic (exact) mass is 273 g/mol. The Bertz CT molecular complexity index is 593. The number of pyridine rings is 1. The lowest BCUT2D eigenvalue weighted by molar-refractivity contribution is 0.580. The van der Waals surface area contributed by atoms with Crippen molar-refractivity contribution < 1.29 is 4.39 Å². The lowest BCUT2D eigenvalue weighted by atomic mass is 10.2. The molecule has 0 spiro atoms. The molecule has 2 aromatic heterocycles. The van der Waals surface area contributed by atoms with Gasteiger partial charge in [-0.2, -0.15) is 0 Å². The van der Waals surface area contributed by atoms with Crippen LogP contribution in [0.3, 0.4) is 0 Å². The van der Waals surface area contributed by atoms with Crippen molar-refractivity contribution in [2.45, 2.75) is 6.92 Å². The molecule has 5 nitrogen and oxygen atoms in total. The van der Waals surface area contributed by atoms with Gasteiger partial charge in [0.2, 0.25) is 5.95 Å². The first-order chi connectivity index (χ1) is 9.74. The molecule has 0 aromatic carbocycles. The van der Waals surface area contributed by atoms with E-state index in [1.807, 2.05) is 6.92 Å².